The van der Waals surface area contributed by atoms with E-state index in [0.29, 0.717) is 11.1 Å². The van der Waals surface area contributed by atoms with Gasteiger partial charge in [0.1, 0.15) is 0 Å². The maximum atomic E-state index is 11.1. The quantitative estimate of drug-likeness (QED) is 0.767. The average molecular weight is 208 g/mol. The van der Waals surface area contributed by atoms with E-state index < -0.39 is 17.9 Å². The van der Waals surface area contributed by atoms with Crippen molar-refractivity contribution in [2.75, 3.05) is 7.11 Å². The molecule has 1 atom stereocenters. The first-order valence-electron chi connectivity index (χ1n) is 4.47. The second-order valence-corrected chi connectivity index (χ2v) is 3.17. The summed E-state index contributed by atoms with van der Waals surface area (Å²) in [7, 11) is 1.30. The van der Waals surface area contributed by atoms with Crippen LogP contribution in [0.5, 0.6) is 0 Å². The Kier molecular flexibility index (Phi) is 3.44. The number of carbonyl (C=O) groups excluding carboxylic acids is 1. The molecular weight excluding hydrogens is 196 g/mol. The van der Waals surface area contributed by atoms with E-state index in [0.717, 1.165) is 0 Å². The largest absolute Gasteiger partial charge is 0.481 e. The minimum absolute atomic E-state index is 0.416. The zero-order valence-corrected chi connectivity index (χ0v) is 8.56. The molecule has 1 rings (SSSR count). The van der Waals surface area contributed by atoms with Crippen LogP contribution in [0.2, 0.25) is 0 Å². The summed E-state index contributed by atoms with van der Waals surface area (Å²) >= 11 is 0. The number of carboxylic acid groups (broad SMARTS) is 1. The van der Waals surface area contributed by atoms with Crippen molar-refractivity contribution in [3.63, 3.8) is 0 Å². The zero-order valence-electron chi connectivity index (χ0n) is 8.56. The Labute approximate surface area is 87.5 Å². The normalized spacial score (nSPS) is 11.9. The van der Waals surface area contributed by atoms with Gasteiger partial charge in [0.2, 0.25) is 0 Å². The minimum atomic E-state index is -0.888. The maximum Gasteiger partial charge on any atom is 0.337 e. The number of ether oxygens (including phenoxy) is 1. The third kappa shape index (κ3) is 2.56. The average Bonchev–Trinajstić information content (AvgIpc) is 2.27. The van der Waals surface area contributed by atoms with E-state index in [2.05, 4.69) is 4.74 Å². The molecule has 0 aromatic heterocycles. The fourth-order valence-corrected chi connectivity index (χ4v) is 1.17. The number of carbonyl (C=O) groups is 2. The van der Waals surface area contributed by atoms with Crippen molar-refractivity contribution in [3.05, 3.63) is 35.4 Å². The molecule has 0 aliphatic rings. The topological polar surface area (TPSA) is 63.6 Å². The second-order valence-electron chi connectivity index (χ2n) is 3.17. The molecule has 0 unspecified atom stereocenters. The molecule has 0 heterocycles. The Bertz CT molecular complexity index is 367. The van der Waals surface area contributed by atoms with E-state index in [1.54, 1.807) is 31.2 Å². The molecule has 0 saturated carbocycles. The van der Waals surface area contributed by atoms with Crippen molar-refractivity contribution in [3.8, 4) is 0 Å². The summed E-state index contributed by atoms with van der Waals surface area (Å²) in [6.45, 7) is 1.59. The van der Waals surface area contributed by atoms with Gasteiger partial charge in [-0.15, -0.1) is 0 Å². The van der Waals surface area contributed by atoms with Gasteiger partial charge in [-0.3, -0.25) is 4.79 Å². The first kappa shape index (κ1) is 11.2. The minimum Gasteiger partial charge on any atom is -0.481 e. The lowest BCUT2D eigenvalue weighted by molar-refractivity contribution is -0.138. The Hall–Kier alpha value is -1.84. The van der Waals surface area contributed by atoms with Crippen LogP contribution >= 0.6 is 0 Å². The van der Waals surface area contributed by atoms with Crippen molar-refractivity contribution in [1.82, 2.24) is 0 Å². The van der Waals surface area contributed by atoms with Crippen LogP contribution in [-0.4, -0.2) is 24.2 Å². The SMILES string of the molecule is COC(=O)c1ccc([C@@H](C)C(=O)O)cc1. The predicted molar refractivity (Wildman–Crippen MR) is 53.8 cm³/mol. The summed E-state index contributed by atoms with van der Waals surface area (Å²) in [5.74, 6) is -1.89. The Morgan fingerprint density at radius 1 is 1.27 bits per heavy atom. The number of rotatable bonds is 3. The van der Waals surface area contributed by atoms with Gasteiger partial charge >= 0.3 is 11.9 Å². The van der Waals surface area contributed by atoms with Gasteiger partial charge in [0, 0.05) is 0 Å². The highest BCUT2D eigenvalue weighted by Gasteiger charge is 2.14. The maximum absolute atomic E-state index is 11.1. The standard InChI is InChI=1S/C11H12O4/c1-7(10(12)13)8-3-5-9(6-4-8)11(14)15-2/h3-7H,1-2H3,(H,12,13)/t7-/m1/s1. The zero-order chi connectivity index (χ0) is 11.4. The molecule has 0 spiro atoms. The van der Waals surface area contributed by atoms with Crippen LogP contribution in [0.1, 0.15) is 28.8 Å². The Balaban J connectivity index is 2.90. The monoisotopic (exact) mass is 208 g/mol. The molecule has 1 aromatic carbocycles. The van der Waals surface area contributed by atoms with Crippen LogP contribution in [0.15, 0.2) is 24.3 Å². The van der Waals surface area contributed by atoms with Gasteiger partial charge in [-0.2, -0.15) is 0 Å². The van der Waals surface area contributed by atoms with Crippen LogP contribution in [0.3, 0.4) is 0 Å². The van der Waals surface area contributed by atoms with Gasteiger partial charge in [0.05, 0.1) is 18.6 Å². The number of carboxylic acids is 1. The third-order valence-electron chi connectivity index (χ3n) is 2.20. The van der Waals surface area contributed by atoms with Crippen molar-refractivity contribution < 1.29 is 19.4 Å². The van der Waals surface area contributed by atoms with Gasteiger partial charge in [-0.25, -0.2) is 4.79 Å². The predicted octanol–water partition coefficient (Wildman–Crippen LogP) is 1.66. The molecule has 0 amide bonds. The van der Waals surface area contributed by atoms with E-state index in [-0.39, 0.29) is 0 Å². The van der Waals surface area contributed by atoms with Gasteiger partial charge in [0.15, 0.2) is 0 Å². The van der Waals surface area contributed by atoms with Crippen molar-refractivity contribution in [1.29, 1.82) is 0 Å². The molecule has 0 saturated heterocycles. The van der Waals surface area contributed by atoms with E-state index in [9.17, 15) is 9.59 Å². The summed E-state index contributed by atoms with van der Waals surface area (Å²) in [6, 6.07) is 6.34. The molecule has 0 aliphatic carbocycles. The molecule has 4 heteroatoms. The summed E-state index contributed by atoms with van der Waals surface area (Å²) < 4.78 is 4.53. The molecule has 0 radical (unpaired) electrons. The molecule has 80 valence electrons. The van der Waals surface area contributed by atoms with Gasteiger partial charge in [0.25, 0.3) is 0 Å². The van der Waals surface area contributed by atoms with E-state index in [1.807, 2.05) is 0 Å². The molecule has 15 heavy (non-hydrogen) atoms. The molecule has 1 N–H and O–H groups in total. The number of methoxy groups -OCH3 is 1. The van der Waals surface area contributed by atoms with E-state index in [1.165, 1.54) is 7.11 Å². The van der Waals surface area contributed by atoms with Crippen LogP contribution in [0, 0.1) is 0 Å². The van der Waals surface area contributed by atoms with Crippen LogP contribution in [-0.2, 0) is 9.53 Å². The molecular formula is C11H12O4. The first-order chi connectivity index (χ1) is 7.06. The number of hydrogen-bond donors (Lipinski definition) is 1. The summed E-state index contributed by atoms with van der Waals surface area (Å²) in [6.07, 6.45) is 0. The van der Waals surface area contributed by atoms with Crippen molar-refractivity contribution >= 4 is 11.9 Å². The molecule has 0 fully saturated rings. The molecule has 1 aromatic rings. The van der Waals surface area contributed by atoms with E-state index >= 15 is 0 Å². The van der Waals surface area contributed by atoms with Crippen molar-refractivity contribution in [2.24, 2.45) is 0 Å². The van der Waals surface area contributed by atoms with Crippen LogP contribution in [0.4, 0.5) is 0 Å². The number of benzene rings is 1. The third-order valence-corrected chi connectivity index (χ3v) is 2.20. The molecule has 0 bridgehead atoms. The Morgan fingerprint density at radius 3 is 2.20 bits per heavy atom. The van der Waals surface area contributed by atoms with Gasteiger partial charge in [-0.05, 0) is 24.6 Å². The van der Waals surface area contributed by atoms with Gasteiger partial charge in [-0.1, -0.05) is 12.1 Å². The summed E-state index contributed by atoms with van der Waals surface area (Å²) in [5.41, 5.74) is 1.08. The first-order valence-corrected chi connectivity index (χ1v) is 4.47. The smallest absolute Gasteiger partial charge is 0.337 e. The fourth-order valence-electron chi connectivity index (χ4n) is 1.17. The lowest BCUT2D eigenvalue weighted by Gasteiger charge is -2.06. The van der Waals surface area contributed by atoms with Gasteiger partial charge < -0.3 is 9.84 Å². The van der Waals surface area contributed by atoms with Crippen LogP contribution < -0.4 is 0 Å². The second kappa shape index (κ2) is 4.59. The number of aliphatic carboxylic acids is 1. The summed E-state index contributed by atoms with van der Waals surface area (Å²) in [4.78, 5) is 21.8. The fraction of sp³-hybridized carbons (Fsp3) is 0.273. The highest BCUT2D eigenvalue weighted by Crippen LogP contribution is 2.16. The van der Waals surface area contributed by atoms with Crippen LogP contribution in [0.25, 0.3) is 0 Å². The molecule has 0 aliphatic heterocycles. The highest BCUT2D eigenvalue weighted by atomic mass is 16.5. The lowest BCUT2D eigenvalue weighted by atomic mass is 10.0. The van der Waals surface area contributed by atoms with E-state index in [4.69, 9.17) is 5.11 Å². The Morgan fingerprint density at radius 2 is 1.80 bits per heavy atom. The molecule has 4 nitrogen and oxygen atoms in total. The number of esters is 1. The van der Waals surface area contributed by atoms with Crippen molar-refractivity contribution in [2.45, 2.75) is 12.8 Å². The number of hydrogen-bond acceptors (Lipinski definition) is 3. The highest BCUT2D eigenvalue weighted by molar-refractivity contribution is 5.89. The lowest BCUT2D eigenvalue weighted by Crippen LogP contribution is -2.08. The summed E-state index contributed by atoms with van der Waals surface area (Å²) in [5, 5.41) is 8.77.